The van der Waals surface area contributed by atoms with Crippen LogP contribution >= 0.6 is 15.9 Å². The van der Waals surface area contributed by atoms with E-state index in [9.17, 15) is 0 Å². The number of hydrogen-bond donors (Lipinski definition) is 1. The van der Waals surface area contributed by atoms with Crippen LogP contribution in [0.3, 0.4) is 0 Å². The molecule has 0 fully saturated rings. The number of pyridine rings is 1. The van der Waals surface area contributed by atoms with E-state index in [1.807, 2.05) is 30.3 Å². The topological polar surface area (TPSA) is 34.1 Å². The molecule has 3 nitrogen and oxygen atoms in total. The van der Waals surface area contributed by atoms with Crippen molar-refractivity contribution in [3.63, 3.8) is 0 Å². The summed E-state index contributed by atoms with van der Waals surface area (Å²) < 4.78 is 6.02. The third-order valence-electron chi connectivity index (χ3n) is 2.98. The Labute approximate surface area is 122 Å². The van der Waals surface area contributed by atoms with Gasteiger partial charge in [-0.1, -0.05) is 18.2 Å². The molecule has 0 aliphatic heterocycles. The molecule has 100 valence electrons. The molecule has 0 aliphatic rings. The lowest BCUT2D eigenvalue weighted by Gasteiger charge is -2.14. The molecule has 0 aliphatic carbocycles. The van der Waals surface area contributed by atoms with Crippen LogP contribution in [0.15, 0.2) is 47.1 Å². The Morgan fingerprint density at radius 2 is 1.95 bits per heavy atom. The van der Waals surface area contributed by atoms with Crippen LogP contribution in [0.4, 0.5) is 0 Å². The molecule has 0 spiro atoms. The van der Waals surface area contributed by atoms with E-state index >= 15 is 0 Å². The van der Waals surface area contributed by atoms with Crippen LogP contribution < -0.4 is 10.1 Å². The molecule has 0 saturated heterocycles. The highest BCUT2D eigenvalue weighted by atomic mass is 79.9. The van der Waals surface area contributed by atoms with Crippen molar-refractivity contribution < 1.29 is 4.74 Å². The van der Waals surface area contributed by atoms with Gasteiger partial charge in [-0.3, -0.25) is 0 Å². The summed E-state index contributed by atoms with van der Waals surface area (Å²) in [5.74, 6) is 0.879. The Kier molecular flexibility index (Phi) is 4.93. The summed E-state index contributed by atoms with van der Waals surface area (Å²) in [6, 6.07) is 14.3. The molecule has 2 aromatic rings. The molecule has 1 atom stereocenters. The van der Waals surface area contributed by atoms with Crippen molar-refractivity contribution in [2.24, 2.45) is 0 Å². The molecule has 4 heteroatoms. The second-order valence-electron chi connectivity index (χ2n) is 4.33. The maximum absolute atomic E-state index is 5.16. The molecule has 1 unspecified atom stereocenters. The first kappa shape index (κ1) is 14.0. The third kappa shape index (κ3) is 4.04. The van der Waals surface area contributed by atoms with Crippen molar-refractivity contribution in [3.8, 4) is 5.75 Å². The van der Waals surface area contributed by atoms with E-state index in [4.69, 9.17) is 4.74 Å². The summed E-state index contributed by atoms with van der Waals surface area (Å²) in [5, 5.41) is 3.46. The first-order chi connectivity index (χ1) is 9.19. The van der Waals surface area contributed by atoms with Crippen LogP contribution in [-0.4, -0.2) is 12.1 Å². The van der Waals surface area contributed by atoms with Gasteiger partial charge >= 0.3 is 0 Å². The fraction of sp³-hybridized carbons (Fsp3) is 0.267. The predicted octanol–water partition coefficient (Wildman–Crippen LogP) is 3.70. The number of methoxy groups -OCH3 is 1. The first-order valence-corrected chi connectivity index (χ1v) is 6.97. The average molecular weight is 321 g/mol. The van der Waals surface area contributed by atoms with E-state index in [2.05, 4.69) is 45.3 Å². The number of benzene rings is 1. The largest absolute Gasteiger partial charge is 0.497 e. The zero-order valence-electron chi connectivity index (χ0n) is 11.1. The molecule has 0 radical (unpaired) electrons. The smallest absolute Gasteiger partial charge is 0.118 e. The molecule has 1 aromatic carbocycles. The Morgan fingerprint density at radius 1 is 1.21 bits per heavy atom. The Balaban J connectivity index is 1.95. The van der Waals surface area contributed by atoms with E-state index in [0.717, 1.165) is 22.6 Å². The SMILES string of the molecule is COc1ccc(C(C)NCc2cccc(Br)n2)cc1. The van der Waals surface area contributed by atoms with Crippen molar-refractivity contribution in [1.29, 1.82) is 0 Å². The minimum absolute atomic E-state index is 0.270. The van der Waals surface area contributed by atoms with Gasteiger partial charge in [-0.15, -0.1) is 0 Å². The summed E-state index contributed by atoms with van der Waals surface area (Å²) in [6.07, 6.45) is 0. The van der Waals surface area contributed by atoms with Crippen molar-refractivity contribution in [3.05, 3.63) is 58.3 Å². The highest BCUT2D eigenvalue weighted by Gasteiger charge is 2.05. The Bertz CT molecular complexity index is 528. The van der Waals surface area contributed by atoms with Gasteiger partial charge in [-0.25, -0.2) is 4.98 Å². The van der Waals surface area contributed by atoms with Crippen molar-refractivity contribution in [2.75, 3.05) is 7.11 Å². The second-order valence-corrected chi connectivity index (χ2v) is 5.14. The molecule has 0 bridgehead atoms. The molecule has 2 rings (SSSR count). The lowest BCUT2D eigenvalue weighted by Crippen LogP contribution is -2.18. The molecule has 1 N–H and O–H groups in total. The first-order valence-electron chi connectivity index (χ1n) is 6.18. The van der Waals surface area contributed by atoms with Crippen LogP contribution in [0.5, 0.6) is 5.75 Å². The Hall–Kier alpha value is -1.39. The van der Waals surface area contributed by atoms with E-state index in [-0.39, 0.29) is 6.04 Å². The average Bonchev–Trinajstić information content (AvgIpc) is 2.45. The van der Waals surface area contributed by atoms with Gasteiger partial charge in [-0.2, -0.15) is 0 Å². The van der Waals surface area contributed by atoms with Crippen LogP contribution in [0.1, 0.15) is 24.2 Å². The lowest BCUT2D eigenvalue weighted by molar-refractivity contribution is 0.414. The van der Waals surface area contributed by atoms with E-state index in [0.29, 0.717) is 0 Å². The van der Waals surface area contributed by atoms with Gasteiger partial charge in [0.2, 0.25) is 0 Å². The monoisotopic (exact) mass is 320 g/mol. The zero-order chi connectivity index (χ0) is 13.7. The highest BCUT2D eigenvalue weighted by molar-refractivity contribution is 9.10. The van der Waals surface area contributed by atoms with Crippen molar-refractivity contribution in [1.82, 2.24) is 10.3 Å². The number of nitrogens with zero attached hydrogens (tertiary/aromatic N) is 1. The number of ether oxygens (including phenoxy) is 1. The maximum Gasteiger partial charge on any atom is 0.118 e. The molecule has 0 amide bonds. The number of hydrogen-bond acceptors (Lipinski definition) is 3. The number of halogens is 1. The fourth-order valence-electron chi connectivity index (χ4n) is 1.82. The lowest BCUT2D eigenvalue weighted by atomic mass is 10.1. The minimum Gasteiger partial charge on any atom is -0.497 e. The van der Waals surface area contributed by atoms with Crippen molar-refractivity contribution in [2.45, 2.75) is 19.5 Å². The normalized spacial score (nSPS) is 12.2. The quantitative estimate of drug-likeness (QED) is 0.853. The van der Waals surface area contributed by atoms with Gasteiger partial charge in [0, 0.05) is 12.6 Å². The second kappa shape index (κ2) is 6.68. The molecular formula is C15H17BrN2O. The van der Waals surface area contributed by atoms with E-state index < -0.39 is 0 Å². The number of rotatable bonds is 5. The fourth-order valence-corrected chi connectivity index (χ4v) is 2.20. The zero-order valence-corrected chi connectivity index (χ0v) is 12.6. The molecular weight excluding hydrogens is 304 g/mol. The van der Waals surface area contributed by atoms with Gasteiger partial charge < -0.3 is 10.1 Å². The third-order valence-corrected chi connectivity index (χ3v) is 3.42. The van der Waals surface area contributed by atoms with Gasteiger partial charge in [0.15, 0.2) is 0 Å². The van der Waals surface area contributed by atoms with Gasteiger partial charge in [0.25, 0.3) is 0 Å². The molecule has 0 saturated carbocycles. The van der Waals surface area contributed by atoms with Crippen LogP contribution in [0.25, 0.3) is 0 Å². The molecule has 1 aromatic heterocycles. The van der Waals surface area contributed by atoms with Crippen LogP contribution in [0, 0.1) is 0 Å². The van der Waals surface area contributed by atoms with E-state index in [1.54, 1.807) is 7.11 Å². The summed E-state index contributed by atoms with van der Waals surface area (Å²) in [6.45, 7) is 2.88. The standard InChI is InChI=1S/C15H17BrN2O/c1-11(12-6-8-14(19-2)9-7-12)17-10-13-4-3-5-15(16)18-13/h3-9,11,17H,10H2,1-2H3. The number of nitrogens with one attached hydrogen (secondary N) is 1. The maximum atomic E-state index is 5.16. The highest BCUT2D eigenvalue weighted by Crippen LogP contribution is 2.17. The minimum atomic E-state index is 0.270. The van der Waals surface area contributed by atoms with Crippen LogP contribution in [-0.2, 0) is 6.54 Å². The van der Waals surface area contributed by atoms with Gasteiger partial charge in [0.05, 0.1) is 12.8 Å². The Morgan fingerprint density at radius 3 is 2.58 bits per heavy atom. The van der Waals surface area contributed by atoms with Crippen molar-refractivity contribution >= 4 is 15.9 Å². The van der Waals surface area contributed by atoms with Gasteiger partial charge in [0.1, 0.15) is 10.4 Å². The number of aromatic nitrogens is 1. The van der Waals surface area contributed by atoms with Gasteiger partial charge in [-0.05, 0) is 52.7 Å². The van der Waals surface area contributed by atoms with E-state index in [1.165, 1.54) is 5.56 Å². The predicted molar refractivity (Wildman–Crippen MR) is 80.2 cm³/mol. The summed E-state index contributed by atoms with van der Waals surface area (Å²) in [7, 11) is 1.68. The van der Waals surface area contributed by atoms with Crippen LogP contribution in [0.2, 0.25) is 0 Å². The summed E-state index contributed by atoms with van der Waals surface area (Å²) in [4.78, 5) is 4.40. The molecule has 1 heterocycles. The summed E-state index contributed by atoms with van der Waals surface area (Å²) in [5.41, 5.74) is 2.26. The molecule has 19 heavy (non-hydrogen) atoms. The summed E-state index contributed by atoms with van der Waals surface area (Å²) >= 11 is 3.38.